The van der Waals surface area contributed by atoms with Crippen molar-refractivity contribution in [1.29, 1.82) is 0 Å². The Morgan fingerprint density at radius 2 is 2.11 bits per heavy atom. The zero-order valence-electron chi connectivity index (χ0n) is 10.1. The van der Waals surface area contributed by atoms with E-state index in [-0.39, 0.29) is 10.6 Å². The molecule has 4 N–H and O–H groups in total. The van der Waals surface area contributed by atoms with Gasteiger partial charge in [-0.25, -0.2) is 18.4 Å². The van der Waals surface area contributed by atoms with Crippen LogP contribution in [0.25, 0.3) is 0 Å². The van der Waals surface area contributed by atoms with E-state index in [2.05, 4.69) is 10.6 Å². The zero-order valence-corrected chi connectivity index (χ0v) is 10.9. The first-order chi connectivity index (χ1) is 8.38. The summed E-state index contributed by atoms with van der Waals surface area (Å²) in [6.45, 7) is 2.23. The minimum Gasteiger partial charge on any atom is -0.495 e. The average molecular weight is 273 g/mol. The molecule has 0 bridgehead atoms. The van der Waals surface area contributed by atoms with Crippen LogP contribution in [0.3, 0.4) is 0 Å². The highest BCUT2D eigenvalue weighted by atomic mass is 32.2. The Kier molecular flexibility index (Phi) is 4.51. The molecule has 0 aromatic heterocycles. The number of nitrogens with one attached hydrogen (secondary N) is 2. The molecule has 7 nitrogen and oxygen atoms in total. The van der Waals surface area contributed by atoms with Crippen LogP contribution in [0.15, 0.2) is 23.1 Å². The molecule has 2 amide bonds. The quantitative estimate of drug-likeness (QED) is 0.741. The molecule has 0 aliphatic carbocycles. The van der Waals surface area contributed by atoms with Crippen LogP contribution in [-0.2, 0) is 10.0 Å². The smallest absolute Gasteiger partial charge is 0.319 e. The summed E-state index contributed by atoms with van der Waals surface area (Å²) in [6, 6.07) is 3.75. The average Bonchev–Trinajstić information content (AvgIpc) is 2.28. The van der Waals surface area contributed by atoms with E-state index in [1.807, 2.05) is 0 Å². The summed E-state index contributed by atoms with van der Waals surface area (Å²) in [5.41, 5.74) is 0.311. The van der Waals surface area contributed by atoms with Crippen molar-refractivity contribution in [1.82, 2.24) is 5.32 Å². The highest BCUT2D eigenvalue weighted by Crippen LogP contribution is 2.25. The van der Waals surface area contributed by atoms with Gasteiger partial charge in [0.2, 0.25) is 10.0 Å². The van der Waals surface area contributed by atoms with Gasteiger partial charge in [-0.2, -0.15) is 0 Å². The van der Waals surface area contributed by atoms with Crippen molar-refractivity contribution in [2.75, 3.05) is 19.0 Å². The van der Waals surface area contributed by atoms with Crippen LogP contribution in [0, 0.1) is 0 Å². The minimum absolute atomic E-state index is 0.124. The standard InChI is InChI=1S/C10H15N3O4S/c1-3-12-10(14)13-7-4-5-8(17-2)9(6-7)18(11,15)16/h4-6H,3H2,1-2H3,(H2,11,15,16)(H2,12,13,14). The second-order valence-corrected chi connectivity index (χ2v) is 4.92. The second-order valence-electron chi connectivity index (χ2n) is 3.40. The predicted octanol–water partition coefficient (Wildman–Crippen LogP) is 0.484. The van der Waals surface area contributed by atoms with E-state index in [9.17, 15) is 13.2 Å². The maximum atomic E-state index is 11.3. The summed E-state index contributed by atoms with van der Waals surface area (Å²) in [7, 11) is -2.58. The van der Waals surface area contributed by atoms with Crippen LogP contribution in [0.1, 0.15) is 6.92 Å². The Hall–Kier alpha value is -1.80. The van der Waals surface area contributed by atoms with Crippen molar-refractivity contribution in [2.45, 2.75) is 11.8 Å². The number of hydrogen-bond donors (Lipinski definition) is 3. The van der Waals surface area contributed by atoms with Crippen LogP contribution in [-0.4, -0.2) is 28.1 Å². The first-order valence-electron chi connectivity index (χ1n) is 5.14. The van der Waals surface area contributed by atoms with E-state index in [0.29, 0.717) is 12.2 Å². The van der Waals surface area contributed by atoms with Crippen LogP contribution >= 0.6 is 0 Å². The molecule has 18 heavy (non-hydrogen) atoms. The van der Waals surface area contributed by atoms with Crippen molar-refractivity contribution in [3.05, 3.63) is 18.2 Å². The molecular weight excluding hydrogens is 258 g/mol. The number of hydrogen-bond acceptors (Lipinski definition) is 4. The summed E-state index contributed by atoms with van der Waals surface area (Å²) >= 11 is 0. The monoisotopic (exact) mass is 273 g/mol. The van der Waals surface area contributed by atoms with Crippen LogP contribution in [0.4, 0.5) is 10.5 Å². The first-order valence-corrected chi connectivity index (χ1v) is 6.68. The Bertz CT molecular complexity index is 542. The SMILES string of the molecule is CCNC(=O)Nc1ccc(OC)c(S(N)(=O)=O)c1. The van der Waals surface area contributed by atoms with Crippen molar-refractivity contribution >= 4 is 21.7 Å². The maximum Gasteiger partial charge on any atom is 0.319 e. The number of sulfonamides is 1. The van der Waals surface area contributed by atoms with Crippen molar-refractivity contribution < 1.29 is 17.9 Å². The largest absolute Gasteiger partial charge is 0.495 e. The summed E-state index contributed by atoms with van der Waals surface area (Å²) < 4.78 is 27.6. The van der Waals surface area contributed by atoms with Gasteiger partial charge in [0.1, 0.15) is 10.6 Å². The fraction of sp³-hybridized carbons (Fsp3) is 0.300. The fourth-order valence-corrected chi connectivity index (χ4v) is 2.04. The van der Waals surface area contributed by atoms with Crippen molar-refractivity contribution in [3.63, 3.8) is 0 Å². The van der Waals surface area contributed by atoms with Gasteiger partial charge in [-0.3, -0.25) is 0 Å². The first kappa shape index (κ1) is 14.3. The number of ether oxygens (including phenoxy) is 1. The van der Waals surface area contributed by atoms with Crippen LogP contribution in [0.5, 0.6) is 5.75 Å². The summed E-state index contributed by atoms with van der Waals surface area (Å²) in [6.07, 6.45) is 0. The number of carbonyl (C=O) groups excluding carboxylic acids is 1. The number of primary sulfonamides is 1. The molecule has 0 aliphatic rings. The van der Waals surface area contributed by atoms with Gasteiger partial charge in [-0.15, -0.1) is 0 Å². The molecule has 8 heteroatoms. The van der Waals surface area contributed by atoms with E-state index >= 15 is 0 Å². The van der Waals surface area contributed by atoms with Gasteiger partial charge in [-0.05, 0) is 25.1 Å². The number of nitrogens with two attached hydrogens (primary N) is 1. The van der Waals surface area contributed by atoms with E-state index < -0.39 is 16.1 Å². The molecule has 0 unspecified atom stereocenters. The number of methoxy groups -OCH3 is 1. The minimum atomic E-state index is -3.91. The van der Waals surface area contributed by atoms with E-state index in [0.717, 1.165) is 0 Å². The summed E-state index contributed by atoms with van der Waals surface area (Å²) in [5, 5.41) is 10.1. The number of rotatable bonds is 4. The molecule has 0 spiro atoms. The molecule has 1 aromatic rings. The lowest BCUT2D eigenvalue weighted by Crippen LogP contribution is -2.28. The molecular formula is C10H15N3O4S. The van der Waals surface area contributed by atoms with Gasteiger partial charge < -0.3 is 15.4 Å². The summed E-state index contributed by atoms with van der Waals surface area (Å²) in [4.78, 5) is 11.1. The molecule has 0 aliphatic heterocycles. The molecule has 0 saturated carbocycles. The van der Waals surface area contributed by atoms with Crippen molar-refractivity contribution in [3.8, 4) is 5.75 Å². The van der Waals surface area contributed by atoms with Gasteiger partial charge in [0.25, 0.3) is 0 Å². The topological polar surface area (TPSA) is 111 Å². The Morgan fingerprint density at radius 1 is 1.44 bits per heavy atom. The molecule has 0 fully saturated rings. The number of anilines is 1. The number of benzene rings is 1. The molecule has 0 atom stereocenters. The van der Waals surface area contributed by atoms with Gasteiger partial charge in [0, 0.05) is 12.2 Å². The second kappa shape index (κ2) is 5.69. The van der Waals surface area contributed by atoms with E-state index in [4.69, 9.17) is 9.88 Å². The third-order valence-corrected chi connectivity index (χ3v) is 3.00. The highest BCUT2D eigenvalue weighted by molar-refractivity contribution is 7.89. The third kappa shape index (κ3) is 3.60. The van der Waals surface area contributed by atoms with Gasteiger partial charge in [0.15, 0.2) is 0 Å². The van der Waals surface area contributed by atoms with Crippen LogP contribution < -0.4 is 20.5 Å². The Labute approximate surface area is 105 Å². The predicted molar refractivity (Wildman–Crippen MR) is 67.1 cm³/mol. The van der Waals surface area contributed by atoms with Crippen molar-refractivity contribution in [2.24, 2.45) is 5.14 Å². The lowest BCUT2D eigenvalue weighted by atomic mass is 10.3. The number of amides is 2. The Balaban J connectivity index is 3.08. The zero-order chi connectivity index (χ0) is 13.8. The molecule has 0 radical (unpaired) electrons. The van der Waals surface area contributed by atoms with Gasteiger partial charge in [0.05, 0.1) is 7.11 Å². The van der Waals surface area contributed by atoms with Crippen LogP contribution in [0.2, 0.25) is 0 Å². The van der Waals surface area contributed by atoms with E-state index in [1.54, 1.807) is 6.92 Å². The summed E-state index contributed by atoms with van der Waals surface area (Å²) in [5.74, 6) is 0.124. The van der Waals surface area contributed by atoms with Gasteiger partial charge in [-0.1, -0.05) is 0 Å². The van der Waals surface area contributed by atoms with Gasteiger partial charge >= 0.3 is 6.03 Å². The molecule has 1 rings (SSSR count). The maximum absolute atomic E-state index is 11.3. The lowest BCUT2D eigenvalue weighted by Gasteiger charge is -2.10. The number of carbonyl (C=O) groups is 1. The highest BCUT2D eigenvalue weighted by Gasteiger charge is 2.16. The molecule has 1 aromatic carbocycles. The normalized spacial score (nSPS) is 10.8. The number of urea groups is 1. The molecule has 0 heterocycles. The fourth-order valence-electron chi connectivity index (χ4n) is 1.31. The molecule has 100 valence electrons. The Morgan fingerprint density at radius 3 is 2.61 bits per heavy atom. The lowest BCUT2D eigenvalue weighted by molar-refractivity contribution is 0.252. The molecule has 0 saturated heterocycles. The third-order valence-electron chi connectivity index (χ3n) is 2.07. The van der Waals surface area contributed by atoms with E-state index in [1.165, 1.54) is 25.3 Å².